The van der Waals surface area contributed by atoms with Gasteiger partial charge in [0.2, 0.25) is 0 Å². The number of fused-ring (bicyclic) bond motifs is 1. The predicted molar refractivity (Wildman–Crippen MR) is 160 cm³/mol. The number of ketones is 1. The number of nitrogens with zero attached hydrogens (tertiary/aromatic N) is 2. The lowest BCUT2D eigenvalue weighted by Gasteiger charge is -2.13. The first-order valence-electron chi connectivity index (χ1n) is 12.3. The number of para-hydroxylation sites is 2. The van der Waals surface area contributed by atoms with Gasteiger partial charge in [0.1, 0.15) is 0 Å². The van der Waals surface area contributed by atoms with Crippen LogP contribution in [0.4, 0.5) is 5.69 Å². The van der Waals surface area contributed by atoms with E-state index < -0.39 is 0 Å². The van der Waals surface area contributed by atoms with Crippen molar-refractivity contribution < 1.29 is 4.79 Å². The molecule has 6 rings (SSSR count). The first-order valence-corrected chi connectivity index (χ1v) is 13.5. The zero-order chi connectivity index (χ0) is 26.8. The van der Waals surface area contributed by atoms with E-state index in [1.807, 2.05) is 108 Å². The average Bonchev–Trinajstić information content (AvgIpc) is 3.29. The molecule has 190 valence electrons. The van der Waals surface area contributed by atoms with Crippen molar-refractivity contribution in [2.75, 3.05) is 4.72 Å². The predicted octanol–water partition coefficient (Wildman–Crippen LogP) is 7.79. The van der Waals surface area contributed by atoms with Gasteiger partial charge in [0.25, 0.3) is 5.56 Å². The molecule has 39 heavy (non-hydrogen) atoms. The molecule has 0 aliphatic heterocycles. The van der Waals surface area contributed by atoms with Crippen molar-refractivity contribution in [2.45, 2.75) is 4.90 Å². The minimum atomic E-state index is -0.125. The van der Waals surface area contributed by atoms with Crippen LogP contribution >= 0.6 is 23.5 Å². The Morgan fingerprint density at radius 2 is 1.31 bits per heavy atom. The Bertz CT molecular complexity index is 1850. The van der Waals surface area contributed by atoms with E-state index in [-0.39, 0.29) is 11.3 Å². The molecule has 6 aromatic rings. The van der Waals surface area contributed by atoms with Gasteiger partial charge < -0.3 is 4.72 Å². The molecular formula is C32H22ClN3O2S. The third kappa shape index (κ3) is 4.88. The van der Waals surface area contributed by atoms with Gasteiger partial charge in [-0.05, 0) is 72.6 Å². The summed E-state index contributed by atoms with van der Waals surface area (Å²) in [5.41, 5.74) is 4.16. The van der Waals surface area contributed by atoms with Gasteiger partial charge in [-0.3, -0.25) is 9.59 Å². The molecule has 1 heterocycles. The number of rotatable bonds is 7. The summed E-state index contributed by atoms with van der Waals surface area (Å²) in [6, 6.07) is 39.5. The quantitative estimate of drug-likeness (QED) is 0.164. The van der Waals surface area contributed by atoms with Gasteiger partial charge in [-0.2, -0.15) is 0 Å². The third-order valence-corrected chi connectivity index (χ3v) is 7.50. The molecule has 7 heteroatoms. The van der Waals surface area contributed by atoms with Crippen LogP contribution in [0.15, 0.2) is 137 Å². The zero-order valence-corrected chi connectivity index (χ0v) is 22.2. The van der Waals surface area contributed by atoms with Crippen molar-refractivity contribution in [3.8, 4) is 11.4 Å². The summed E-state index contributed by atoms with van der Waals surface area (Å²) in [5, 5.41) is 1.06. The fourth-order valence-electron chi connectivity index (χ4n) is 4.52. The van der Waals surface area contributed by atoms with E-state index in [0.29, 0.717) is 21.5 Å². The van der Waals surface area contributed by atoms with Crippen molar-refractivity contribution in [2.24, 2.45) is 0 Å². The van der Waals surface area contributed by atoms with E-state index >= 15 is 0 Å². The van der Waals surface area contributed by atoms with Crippen LogP contribution in [0, 0.1) is 0 Å². The molecule has 0 aliphatic rings. The zero-order valence-electron chi connectivity index (χ0n) is 20.6. The largest absolute Gasteiger partial charge is 0.326 e. The number of halogens is 1. The van der Waals surface area contributed by atoms with Crippen molar-refractivity contribution in [1.29, 1.82) is 0 Å². The van der Waals surface area contributed by atoms with Crippen molar-refractivity contribution in [3.05, 3.63) is 154 Å². The molecular weight excluding hydrogens is 526 g/mol. The summed E-state index contributed by atoms with van der Waals surface area (Å²) in [7, 11) is 0. The Morgan fingerprint density at radius 1 is 0.692 bits per heavy atom. The summed E-state index contributed by atoms with van der Waals surface area (Å²) < 4.78 is 6.94. The number of aromatic nitrogens is 2. The minimum absolute atomic E-state index is 0.108. The second-order valence-electron chi connectivity index (χ2n) is 8.87. The highest BCUT2D eigenvalue weighted by molar-refractivity contribution is 8.00. The number of anilines is 1. The smallest absolute Gasteiger partial charge is 0.279 e. The standard InChI is InChI=1S/C32H22ClN3O2S/c33-23-16-19-30(28(20-23)31(37)22-10-4-1-5-11-22)39-34-24-17-18-29-27(21-24)32(38)36(26-14-8-3-9-15-26)35(29)25-12-6-2-7-13-25/h1-21,34H. The molecule has 5 aromatic carbocycles. The summed E-state index contributed by atoms with van der Waals surface area (Å²) in [6.07, 6.45) is 0. The number of benzene rings is 5. The number of carbonyl (C=O) groups is 1. The maximum Gasteiger partial charge on any atom is 0.279 e. The maximum atomic E-state index is 13.7. The normalized spacial score (nSPS) is 11.0. The summed E-state index contributed by atoms with van der Waals surface area (Å²) in [5.74, 6) is -0.108. The van der Waals surface area contributed by atoms with Gasteiger partial charge in [-0.25, -0.2) is 9.36 Å². The van der Waals surface area contributed by atoms with Gasteiger partial charge in [0.05, 0.1) is 22.3 Å². The Hall–Kier alpha value is -4.52. The number of nitrogens with one attached hydrogen (secondary N) is 1. The second kappa shape index (κ2) is 10.7. The van der Waals surface area contributed by atoms with Crippen molar-refractivity contribution in [3.63, 3.8) is 0 Å². The van der Waals surface area contributed by atoms with E-state index in [1.165, 1.54) is 11.9 Å². The third-order valence-electron chi connectivity index (χ3n) is 6.35. The summed E-state index contributed by atoms with van der Waals surface area (Å²) in [4.78, 5) is 27.7. The lowest BCUT2D eigenvalue weighted by molar-refractivity contribution is 0.103. The first kappa shape index (κ1) is 24.8. The Labute approximate surface area is 234 Å². The molecule has 0 bridgehead atoms. The van der Waals surface area contributed by atoms with Crippen LogP contribution in [-0.2, 0) is 0 Å². The highest BCUT2D eigenvalue weighted by atomic mass is 35.5. The SMILES string of the molecule is O=C(c1ccccc1)c1cc(Cl)ccc1SNc1ccc2c(c1)c(=O)n(-c1ccccc1)n2-c1ccccc1. The molecule has 0 spiro atoms. The van der Waals surface area contributed by atoms with Gasteiger partial charge in [0.15, 0.2) is 5.78 Å². The Balaban J connectivity index is 1.38. The monoisotopic (exact) mass is 547 g/mol. The van der Waals surface area contributed by atoms with E-state index in [1.54, 1.807) is 28.9 Å². The van der Waals surface area contributed by atoms with Crippen LogP contribution in [-0.4, -0.2) is 15.1 Å². The topological polar surface area (TPSA) is 56.0 Å². The van der Waals surface area contributed by atoms with Crippen LogP contribution < -0.4 is 10.3 Å². The van der Waals surface area contributed by atoms with Gasteiger partial charge >= 0.3 is 0 Å². The molecule has 5 nitrogen and oxygen atoms in total. The minimum Gasteiger partial charge on any atom is -0.326 e. The van der Waals surface area contributed by atoms with Gasteiger partial charge in [0, 0.05) is 26.7 Å². The highest BCUT2D eigenvalue weighted by Crippen LogP contribution is 2.30. The molecule has 0 aliphatic carbocycles. The van der Waals surface area contributed by atoms with Crippen LogP contribution in [0.3, 0.4) is 0 Å². The molecule has 0 atom stereocenters. The molecule has 0 saturated carbocycles. The fraction of sp³-hybridized carbons (Fsp3) is 0. The maximum absolute atomic E-state index is 13.7. The number of hydrogen-bond donors (Lipinski definition) is 1. The summed E-state index contributed by atoms with van der Waals surface area (Å²) >= 11 is 7.55. The molecule has 1 aromatic heterocycles. The lowest BCUT2D eigenvalue weighted by atomic mass is 10.0. The van der Waals surface area contributed by atoms with Gasteiger partial charge in [-0.1, -0.05) is 78.3 Å². The average molecular weight is 548 g/mol. The van der Waals surface area contributed by atoms with E-state index in [0.717, 1.165) is 27.5 Å². The number of carbonyl (C=O) groups excluding carboxylic acids is 1. The lowest BCUT2D eigenvalue weighted by Crippen LogP contribution is -2.20. The molecule has 0 fully saturated rings. The molecule has 0 radical (unpaired) electrons. The van der Waals surface area contributed by atoms with Crippen LogP contribution in [0.5, 0.6) is 0 Å². The highest BCUT2D eigenvalue weighted by Gasteiger charge is 2.18. The molecule has 0 amide bonds. The second-order valence-corrected chi connectivity index (χ2v) is 10.2. The molecule has 0 saturated heterocycles. The van der Waals surface area contributed by atoms with E-state index in [9.17, 15) is 9.59 Å². The van der Waals surface area contributed by atoms with Crippen LogP contribution in [0.25, 0.3) is 22.3 Å². The van der Waals surface area contributed by atoms with Gasteiger partial charge in [-0.15, -0.1) is 0 Å². The van der Waals surface area contributed by atoms with Crippen molar-refractivity contribution >= 4 is 45.9 Å². The Morgan fingerprint density at radius 3 is 1.97 bits per heavy atom. The van der Waals surface area contributed by atoms with E-state index in [4.69, 9.17) is 11.6 Å². The molecule has 1 N–H and O–H groups in total. The number of hydrogen-bond acceptors (Lipinski definition) is 4. The van der Waals surface area contributed by atoms with Crippen LogP contribution in [0.2, 0.25) is 5.02 Å². The fourth-order valence-corrected chi connectivity index (χ4v) is 5.45. The van der Waals surface area contributed by atoms with Crippen molar-refractivity contribution in [1.82, 2.24) is 9.36 Å². The Kier molecular flexibility index (Phi) is 6.80. The van der Waals surface area contributed by atoms with E-state index in [2.05, 4.69) is 4.72 Å². The molecule has 0 unspecified atom stereocenters. The first-order chi connectivity index (χ1) is 19.1. The van der Waals surface area contributed by atoms with Crippen LogP contribution in [0.1, 0.15) is 15.9 Å². The summed E-state index contributed by atoms with van der Waals surface area (Å²) in [6.45, 7) is 0.